The van der Waals surface area contributed by atoms with Crippen LogP contribution >= 0.6 is 0 Å². The lowest BCUT2D eigenvalue weighted by molar-refractivity contribution is 0.767. The van der Waals surface area contributed by atoms with Gasteiger partial charge in [-0.1, -0.05) is 6.92 Å². The van der Waals surface area contributed by atoms with E-state index < -0.39 is 0 Å². The molecule has 8 nitrogen and oxygen atoms in total. The number of aromatic nitrogens is 6. The van der Waals surface area contributed by atoms with Crippen molar-refractivity contribution in [3.05, 3.63) is 12.7 Å². The van der Waals surface area contributed by atoms with Gasteiger partial charge in [-0.2, -0.15) is 24.7 Å². The minimum atomic E-state index is 0.170. The summed E-state index contributed by atoms with van der Waals surface area (Å²) >= 11 is 0. The third-order valence-corrected chi connectivity index (χ3v) is 2.15. The van der Waals surface area contributed by atoms with E-state index in [1.165, 1.54) is 17.3 Å². The summed E-state index contributed by atoms with van der Waals surface area (Å²) in [6, 6.07) is 0. The Kier molecular flexibility index (Phi) is 3.12. The van der Waals surface area contributed by atoms with E-state index >= 15 is 0 Å². The number of nitrogens with two attached hydrogens (primary N) is 1. The number of nitrogen functional groups attached to an aromatic ring is 1. The molecule has 2 heterocycles. The predicted octanol–water partition coefficient (Wildman–Crippen LogP) is -0.119. The first kappa shape index (κ1) is 11.2. The van der Waals surface area contributed by atoms with E-state index in [2.05, 4.69) is 32.0 Å². The molecule has 0 aliphatic heterocycles. The lowest BCUT2D eigenvalue weighted by Crippen LogP contribution is -2.22. The highest BCUT2D eigenvalue weighted by Gasteiger charge is 2.09. The van der Waals surface area contributed by atoms with Crippen LogP contribution in [0, 0.1) is 0 Å². The van der Waals surface area contributed by atoms with Gasteiger partial charge in [-0.05, 0) is 6.42 Å². The molecule has 2 N–H and O–H groups in total. The van der Waals surface area contributed by atoms with Crippen molar-refractivity contribution >= 4 is 11.9 Å². The van der Waals surface area contributed by atoms with Crippen LogP contribution < -0.4 is 10.6 Å². The van der Waals surface area contributed by atoms with Crippen molar-refractivity contribution in [3.8, 4) is 5.95 Å². The van der Waals surface area contributed by atoms with Crippen molar-refractivity contribution in [1.82, 2.24) is 29.7 Å². The number of hydrogen-bond acceptors (Lipinski definition) is 7. The van der Waals surface area contributed by atoms with E-state index in [9.17, 15) is 0 Å². The van der Waals surface area contributed by atoms with Gasteiger partial charge in [0.2, 0.25) is 11.9 Å². The van der Waals surface area contributed by atoms with Gasteiger partial charge in [-0.25, -0.2) is 4.98 Å². The van der Waals surface area contributed by atoms with E-state index in [4.69, 9.17) is 5.73 Å². The first-order valence-electron chi connectivity index (χ1n) is 5.28. The minimum absolute atomic E-state index is 0.170. The van der Waals surface area contributed by atoms with Gasteiger partial charge in [0.25, 0.3) is 5.95 Å². The molecule has 0 spiro atoms. The SMILES string of the molecule is CCCN(C)c1nc(N)nc(-n2cncn2)n1. The Balaban J connectivity index is 2.36. The fraction of sp³-hybridized carbons (Fsp3) is 0.444. The number of nitrogens with zero attached hydrogens (tertiary/aromatic N) is 7. The molecular weight excluding hydrogens is 220 g/mol. The summed E-state index contributed by atoms with van der Waals surface area (Å²) in [6.45, 7) is 2.93. The molecule has 2 aromatic heterocycles. The third-order valence-electron chi connectivity index (χ3n) is 2.15. The predicted molar refractivity (Wildman–Crippen MR) is 62.7 cm³/mol. The van der Waals surface area contributed by atoms with Crippen LogP contribution in [0.15, 0.2) is 12.7 Å². The maximum Gasteiger partial charge on any atom is 0.258 e. The molecule has 0 atom stereocenters. The van der Waals surface area contributed by atoms with Crippen LogP contribution in [-0.4, -0.2) is 43.3 Å². The highest BCUT2D eigenvalue weighted by molar-refractivity contribution is 5.36. The van der Waals surface area contributed by atoms with Crippen LogP contribution in [0.2, 0.25) is 0 Å². The van der Waals surface area contributed by atoms with Crippen molar-refractivity contribution < 1.29 is 0 Å². The van der Waals surface area contributed by atoms with Crippen LogP contribution in [0.5, 0.6) is 0 Å². The second-order valence-corrected chi connectivity index (χ2v) is 3.56. The Morgan fingerprint density at radius 2 is 2.18 bits per heavy atom. The lowest BCUT2D eigenvalue weighted by Gasteiger charge is -2.16. The topological polar surface area (TPSA) is 98.6 Å². The first-order chi connectivity index (χ1) is 8.20. The molecule has 8 heteroatoms. The number of rotatable bonds is 4. The Hall–Kier alpha value is -2.25. The summed E-state index contributed by atoms with van der Waals surface area (Å²) in [4.78, 5) is 18.1. The largest absolute Gasteiger partial charge is 0.368 e. The van der Waals surface area contributed by atoms with Gasteiger partial charge in [0.1, 0.15) is 12.7 Å². The second kappa shape index (κ2) is 4.73. The highest BCUT2D eigenvalue weighted by atomic mass is 15.4. The quantitative estimate of drug-likeness (QED) is 0.787. The fourth-order valence-electron chi connectivity index (χ4n) is 1.39. The molecule has 0 amide bonds. The standard InChI is InChI=1S/C9H14N8/c1-3-4-16(2)8-13-7(10)14-9(15-8)17-6-11-5-12-17/h5-6H,3-4H2,1-2H3,(H2,10,13,14,15). The Morgan fingerprint density at radius 3 is 2.82 bits per heavy atom. The molecule has 0 aromatic carbocycles. The van der Waals surface area contributed by atoms with Crippen molar-refractivity contribution in [2.45, 2.75) is 13.3 Å². The summed E-state index contributed by atoms with van der Waals surface area (Å²) in [5.74, 6) is 1.07. The monoisotopic (exact) mass is 234 g/mol. The summed E-state index contributed by atoms with van der Waals surface area (Å²) in [7, 11) is 1.91. The lowest BCUT2D eigenvalue weighted by atomic mass is 10.4. The Morgan fingerprint density at radius 1 is 1.35 bits per heavy atom. The van der Waals surface area contributed by atoms with Crippen LogP contribution in [-0.2, 0) is 0 Å². The molecule has 0 aliphatic carbocycles. The zero-order valence-corrected chi connectivity index (χ0v) is 9.78. The van der Waals surface area contributed by atoms with E-state index in [1.54, 1.807) is 0 Å². The molecule has 0 unspecified atom stereocenters. The zero-order valence-electron chi connectivity index (χ0n) is 9.78. The number of hydrogen-bond donors (Lipinski definition) is 1. The van der Waals surface area contributed by atoms with Gasteiger partial charge in [0, 0.05) is 13.6 Å². The van der Waals surface area contributed by atoms with Gasteiger partial charge in [0.05, 0.1) is 0 Å². The maximum atomic E-state index is 5.65. The molecule has 0 saturated carbocycles. The normalized spacial score (nSPS) is 10.5. The molecule has 0 radical (unpaired) electrons. The van der Waals surface area contributed by atoms with Gasteiger partial charge < -0.3 is 10.6 Å². The smallest absolute Gasteiger partial charge is 0.258 e. The van der Waals surface area contributed by atoms with Crippen LogP contribution in [0.3, 0.4) is 0 Å². The van der Waals surface area contributed by atoms with Crippen LogP contribution in [0.1, 0.15) is 13.3 Å². The molecule has 0 saturated heterocycles. The molecule has 2 rings (SSSR count). The molecule has 0 fully saturated rings. The van der Waals surface area contributed by atoms with Gasteiger partial charge in [0.15, 0.2) is 0 Å². The Labute approximate surface area is 98.5 Å². The molecule has 0 bridgehead atoms. The highest BCUT2D eigenvalue weighted by Crippen LogP contribution is 2.09. The molecular formula is C9H14N8. The third kappa shape index (κ3) is 2.47. The average Bonchev–Trinajstić information content (AvgIpc) is 2.82. The summed E-state index contributed by atoms with van der Waals surface area (Å²) in [5, 5.41) is 3.95. The molecule has 2 aromatic rings. The van der Waals surface area contributed by atoms with Crippen LogP contribution in [0.4, 0.5) is 11.9 Å². The van der Waals surface area contributed by atoms with Crippen molar-refractivity contribution in [3.63, 3.8) is 0 Å². The fourth-order valence-corrected chi connectivity index (χ4v) is 1.39. The average molecular weight is 234 g/mol. The zero-order chi connectivity index (χ0) is 12.3. The van der Waals surface area contributed by atoms with Crippen LogP contribution in [0.25, 0.3) is 5.95 Å². The second-order valence-electron chi connectivity index (χ2n) is 3.56. The van der Waals surface area contributed by atoms with E-state index in [-0.39, 0.29) is 5.95 Å². The van der Waals surface area contributed by atoms with Gasteiger partial charge >= 0.3 is 0 Å². The van der Waals surface area contributed by atoms with E-state index in [0.717, 1.165) is 13.0 Å². The molecule has 0 aliphatic rings. The maximum absolute atomic E-state index is 5.65. The van der Waals surface area contributed by atoms with E-state index in [1.807, 2.05) is 11.9 Å². The molecule has 90 valence electrons. The minimum Gasteiger partial charge on any atom is -0.368 e. The summed E-state index contributed by atoms with van der Waals surface area (Å²) in [5.41, 5.74) is 5.65. The van der Waals surface area contributed by atoms with Crippen molar-refractivity contribution in [1.29, 1.82) is 0 Å². The van der Waals surface area contributed by atoms with E-state index in [0.29, 0.717) is 11.9 Å². The number of anilines is 2. The van der Waals surface area contributed by atoms with Crippen molar-refractivity contribution in [2.75, 3.05) is 24.2 Å². The first-order valence-corrected chi connectivity index (χ1v) is 5.28. The Bertz CT molecular complexity index is 480. The summed E-state index contributed by atoms with van der Waals surface area (Å²) in [6.07, 6.45) is 3.93. The van der Waals surface area contributed by atoms with Crippen molar-refractivity contribution in [2.24, 2.45) is 0 Å². The summed E-state index contributed by atoms with van der Waals surface area (Å²) < 4.78 is 1.45. The molecule has 17 heavy (non-hydrogen) atoms. The van der Waals surface area contributed by atoms with Gasteiger partial charge in [-0.3, -0.25) is 0 Å². The van der Waals surface area contributed by atoms with Gasteiger partial charge in [-0.15, -0.1) is 0 Å².